The van der Waals surface area contributed by atoms with Crippen LogP contribution in [0.1, 0.15) is 53.4 Å². The van der Waals surface area contributed by atoms with Crippen molar-refractivity contribution in [3.8, 4) is 0 Å². The van der Waals surface area contributed by atoms with E-state index in [1.807, 2.05) is 27.7 Å². The molecule has 0 spiro atoms. The number of rotatable bonds is 9. The van der Waals surface area contributed by atoms with Gasteiger partial charge in [0.1, 0.15) is 0 Å². The van der Waals surface area contributed by atoms with Gasteiger partial charge in [0.25, 0.3) is 0 Å². The second kappa shape index (κ2) is 9.11. The summed E-state index contributed by atoms with van der Waals surface area (Å²) >= 11 is 0. The Balaban J connectivity index is 2.63. The molecule has 1 fully saturated rings. The van der Waals surface area contributed by atoms with Gasteiger partial charge in [-0.05, 0) is 47.0 Å². The molecule has 0 aliphatic carbocycles. The van der Waals surface area contributed by atoms with Crippen LogP contribution in [-0.2, 0) is 19.0 Å². The van der Waals surface area contributed by atoms with E-state index in [0.717, 1.165) is 24.8 Å². The maximum Gasteiger partial charge on any atom is 0.309 e. The van der Waals surface area contributed by atoms with Crippen molar-refractivity contribution in [3.05, 3.63) is 23.8 Å². The maximum atomic E-state index is 11.5. The van der Waals surface area contributed by atoms with Crippen molar-refractivity contribution in [2.45, 2.75) is 59.2 Å². The predicted molar refractivity (Wildman–Crippen MR) is 87.5 cm³/mol. The van der Waals surface area contributed by atoms with Gasteiger partial charge in [-0.3, -0.25) is 4.79 Å². The number of allylic oxidation sites excluding steroid dienone is 2. The molecular weight excluding hydrogens is 280 g/mol. The number of hydrogen-bond donors (Lipinski definition) is 0. The molecule has 0 aromatic carbocycles. The molecule has 0 aromatic heterocycles. The van der Waals surface area contributed by atoms with E-state index in [9.17, 15) is 4.79 Å². The topological polar surface area (TPSA) is 44.8 Å². The fourth-order valence-electron chi connectivity index (χ4n) is 2.64. The highest BCUT2D eigenvalue weighted by atomic mass is 16.7. The summed E-state index contributed by atoms with van der Waals surface area (Å²) in [6.45, 7) is 13.5. The monoisotopic (exact) mass is 310 g/mol. The normalized spacial score (nSPS) is 19.0. The average molecular weight is 310 g/mol. The van der Waals surface area contributed by atoms with Gasteiger partial charge in [-0.15, -0.1) is 6.58 Å². The number of carbonyl (C=O) groups is 1. The summed E-state index contributed by atoms with van der Waals surface area (Å²) in [7, 11) is 0. The molecule has 4 heteroatoms. The first-order chi connectivity index (χ1) is 10.4. The molecule has 0 radical (unpaired) electrons. The second-order valence-corrected chi connectivity index (χ2v) is 6.17. The van der Waals surface area contributed by atoms with Gasteiger partial charge in [-0.25, -0.2) is 0 Å². The molecule has 22 heavy (non-hydrogen) atoms. The summed E-state index contributed by atoms with van der Waals surface area (Å²) < 4.78 is 16.6. The van der Waals surface area contributed by atoms with E-state index in [1.54, 1.807) is 0 Å². The predicted octanol–water partition coefficient (Wildman–Crippen LogP) is 4.01. The summed E-state index contributed by atoms with van der Waals surface area (Å²) in [5, 5.41) is 0. The van der Waals surface area contributed by atoms with Crippen molar-refractivity contribution >= 4 is 5.97 Å². The van der Waals surface area contributed by atoms with E-state index in [1.165, 1.54) is 5.57 Å². The molecule has 126 valence electrons. The molecule has 1 aliphatic heterocycles. The minimum absolute atomic E-state index is 0.172. The van der Waals surface area contributed by atoms with Gasteiger partial charge < -0.3 is 14.2 Å². The molecule has 1 atom stereocenters. The standard InChI is InChI=1S/C18H30O4/c1-6-20-17(19)13-15(4)8-10-16(9-7-14(2)3)18(5)21-11-12-22-18/h8,16H,2,6-7,9-13H2,1,3-5H3/b15-8-. The molecule has 1 saturated heterocycles. The largest absolute Gasteiger partial charge is 0.466 e. The summed E-state index contributed by atoms with van der Waals surface area (Å²) in [6.07, 6.45) is 5.21. The van der Waals surface area contributed by atoms with Crippen LogP contribution in [0.3, 0.4) is 0 Å². The van der Waals surface area contributed by atoms with Crippen LogP contribution >= 0.6 is 0 Å². The molecule has 0 aromatic rings. The Morgan fingerprint density at radius 3 is 2.55 bits per heavy atom. The zero-order chi connectivity index (χ0) is 16.6. The third-order valence-electron chi connectivity index (χ3n) is 4.00. The van der Waals surface area contributed by atoms with Gasteiger partial charge in [0.05, 0.1) is 26.2 Å². The first-order valence-electron chi connectivity index (χ1n) is 8.11. The van der Waals surface area contributed by atoms with Crippen LogP contribution in [0.4, 0.5) is 0 Å². The highest BCUT2D eigenvalue weighted by molar-refractivity contribution is 5.72. The molecule has 1 heterocycles. The fourth-order valence-corrected chi connectivity index (χ4v) is 2.64. The van der Waals surface area contributed by atoms with E-state index < -0.39 is 5.79 Å². The van der Waals surface area contributed by atoms with Crippen LogP contribution in [0.2, 0.25) is 0 Å². The molecule has 4 nitrogen and oxygen atoms in total. The van der Waals surface area contributed by atoms with Gasteiger partial charge >= 0.3 is 5.97 Å². The number of hydrogen-bond acceptors (Lipinski definition) is 4. The van der Waals surface area contributed by atoms with Crippen molar-refractivity contribution in [1.82, 2.24) is 0 Å². The molecule has 1 aliphatic rings. The summed E-state index contributed by atoms with van der Waals surface area (Å²) in [5.74, 6) is -0.450. The number of esters is 1. The Bertz CT molecular complexity index is 405. The van der Waals surface area contributed by atoms with E-state index >= 15 is 0 Å². The number of ether oxygens (including phenoxy) is 3. The Hall–Kier alpha value is -1.13. The van der Waals surface area contributed by atoms with E-state index in [0.29, 0.717) is 26.2 Å². The molecule has 0 N–H and O–H groups in total. The number of carbonyl (C=O) groups excluding carboxylic acids is 1. The first-order valence-corrected chi connectivity index (χ1v) is 8.11. The van der Waals surface area contributed by atoms with Gasteiger partial charge in [0, 0.05) is 5.92 Å². The van der Waals surface area contributed by atoms with Gasteiger partial charge in [-0.2, -0.15) is 0 Å². The minimum Gasteiger partial charge on any atom is -0.466 e. The molecule has 0 saturated carbocycles. The summed E-state index contributed by atoms with van der Waals surface area (Å²) in [6, 6.07) is 0. The fraction of sp³-hybridized carbons (Fsp3) is 0.722. The van der Waals surface area contributed by atoms with Crippen LogP contribution in [0.15, 0.2) is 23.8 Å². The lowest BCUT2D eigenvalue weighted by molar-refractivity contribution is -0.182. The zero-order valence-corrected chi connectivity index (χ0v) is 14.4. The van der Waals surface area contributed by atoms with E-state index in [-0.39, 0.29) is 11.9 Å². The summed E-state index contributed by atoms with van der Waals surface area (Å²) in [5.41, 5.74) is 2.19. The lowest BCUT2D eigenvalue weighted by Gasteiger charge is -2.32. The quantitative estimate of drug-likeness (QED) is 0.477. The Morgan fingerprint density at radius 1 is 1.36 bits per heavy atom. The third kappa shape index (κ3) is 6.32. The van der Waals surface area contributed by atoms with Crippen LogP contribution < -0.4 is 0 Å². The smallest absolute Gasteiger partial charge is 0.309 e. The van der Waals surface area contributed by atoms with Gasteiger partial charge in [0.2, 0.25) is 0 Å². The Morgan fingerprint density at radius 2 is 2.00 bits per heavy atom. The third-order valence-corrected chi connectivity index (χ3v) is 4.00. The van der Waals surface area contributed by atoms with Crippen molar-refractivity contribution in [3.63, 3.8) is 0 Å². The molecule has 0 bridgehead atoms. The van der Waals surface area contributed by atoms with Gasteiger partial charge in [0.15, 0.2) is 5.79 Å². The van der Waals surface area contributed by atoms with Crippen molar-refractivity contribution in [1.29, 1.82) is 0 Å². The van der Waals surface area contributed by atoms with Crippen LogP contribution in [0, 0.1) is 5.92 Å². The molecule has 0 amide bonds. The lowest BCUT2D eigenvalue weighted by Crippen LogP contribution is -2.35. The Labute approximate surface area is 134 Å². The highest BCUT2D eigenvalue weighted by Crippen LogP contribution is 2.34. The van der Waals surface area contributed by atoms with E-state index in [2.05, 4.69) is 12.7 Å². The average Bonchev–Trinajstić information content (AvgIpc) is 2.86. The second-order valence-electron chi connectivity index (χ2n) is 6.17. The SMILES string of the molecule is C=C(C)CCC(C/C=C(/C)CC(=O)OCC)C1(C)OCCO1. The minimum atomic E-state index is -0.532. The Kier molecular flexibility index (Phi) is 7.83. The van der Waals surface area contributed by atoms with Crippen LogP contribution in [-0.4, -0.2) is 31.6 Å². The van der Waals surface area contributed by atoms with Gasteiger partial charge in [-0.1, -0.05) is 17.2 Å². The maximum absolute atomic E-state index is 11.5. The zero-order valence-electron chi connectivity index (χ0n) is 14.4. The lowest BCUT2D eigenvalue weighted by atomic mass is 9.89. The van der Waals surface area contributed by atoms with Crippen LogP contribution in [0.5, 0.6) is 0 Å². The van der Waals surface area contributed by atoms with Crippen molar-refractivity contribution in [2.75, 3.05) is 19.8 Å². The molecular formula is C18H30O4. The molecule has 1 unspecified atom stereocenters. The first kappa shape index (κ1) is 18.9. The highest BCUT2D eigenvalue weighted by Gasteiger charge is 2.38. The van der Waals surface area contributed by atoms with Crippen molar-refractivity contribution < 1.29 is 19.0 Å². The van der Waals surface area contributed by atoms with Crippen molar-refractivity contribution in [2.24, 2.45) is 5.92 Å². The summed E-state index contributed by atoms with van der Waals surface area (Å²) in [4.78, 5) is 11.5. The van der Waals surface area contributed by atoms with E-state index in [4.69, 9.17) is 14.2 Å². The van der Waals surface area contributed by atoms with Crippen LogP contribution in [0.25, 0.3) is 0 Å². The molecule has 1 rings (SSSR count).